The van der Waals surface area contributed by atoms with E-state index >= 15 is 0 Å². The second kappa shape index (κ2) is 10.0. The Balaban J connectivity index is 1.39. The first-order valence-corrected chi connectivity index (χ1v) is 10.9. The lowest BCUT2D eigenvalue weighted by atomic mass is 9.91. The summed E-state index contributed by atoms with van der Waals surface area (Å²) in [4.78, 5) is 25.2. The van der Waals surface area contributed by atoms with Gasteiger partial charge in [-0.25, -0.2) is 9.48 Å². The fourth-order valence-electron chi connectivity index (χ4n) is 4.00. The molecule has 0 aliphatic rings. The SMILES string of the molecule is CC(Cn1nncc1CCCCn1ccc(=O)[nH]c1=O)c1ccccc1-c1ccccc1. The number of rotatable bonds is 9. The topological polar surface area (TPSA) is 85.6 Å². The van der Waals surface area contributed by atoms with Crippen molar-refractivity contribution >= 4 is 0 Å². The Morgan fingerprint density at radius 2 is 1.75 bits per heavy atom. The van der Waals surface area contributed by atoms with E-state index < -0.39 is 0 Å². The minimum Gasteiger partial charge on any atom is -0.301 e. The molecule has 0 saturated heterocycles. The maximum Gasteiger partial charge on any atom is 0.328 e. The largest absolute Gasteiger partial charge is 0.328 e. The summed E-state index contributed by atoms with van der Waals surface area (Å²) in [6.07, 6.45) is 5.91. The average Bonchev–Trinajstić information content (AvgIpc) is 3.25. The second-order valence-electron chi connectivity index (χ2n) is 8.02. The van der Waals surface area contributed by atoms with Crippen molar-refractivity contribution < 1.29 is 0 Å². The van der Waals surface area contributed by atoms with Crippen LogP contribution in [0.4, 0.5) is 0 Å². The Kier molecular flexibility index (Phi) is 6.75. The molecule has 0 bridgehead atoms. The fourth-order valence-corrected chi connectivity index (χ4v) is 4.00. The van der Waals surface area contributed by atoms with E-state index in [0.717, 1.165) is 31.5 Å². The maximum absolute atomic E-state index is 11.8. The van der Waals surface area contributed by atoms with Crippen LogP contribution in [-0.2, 0) is 19.5 Å². The zero-order valence-electron chi connectivity index (χ0n) is 18.1. The molecule has 32 heavy (non-hydrogen) atoms. The predicted octanol–water partition coefficient (Wildman–Crippen LogP) is 3.62. The summed E-state index contributed by atoms with van der Waals surface area (Å²) < 4.78 is 3.51. The van der Waals surface area contributed by atoms with E-state index in [2.05, 4.69) is 70.8 Å². The van der Waals surface area contributed by atoms with Crippen molar-refractivity contribution in [1.29, 1.82) is 0 Å². The summed E-state index contributed by atoms with van der Waals surface area (Å²) >= 11 is 0. The van der Waals surface area contributed by atoms with Gasteiger partial charge in [0.1, 0.15) is 0 Å². The Morgan fingerprint density at radius 3 is 2.56 bits per heavy atom. The minimum absolute atomic E-state index is 0.270. The van der Waals surface area contributed by atoms with E-state index in [1.807, 2.05) is 16.9 Å². The van der Waals surface area contributed by atoms with Crippen molar-refractivity contribution in [3.8, 4) is 11.1 Å². The predicted molar refractivity (Wildman–Crippen MR) is 125 cm³/mol. The van der Waals surface area contributed by atoms with Gasteiger partial charge in [-0.1, -0.05) is 66.7 Å². The number of aromatic amines is 1. The van der Waals surface area contributed by atoms with Gasteiger partial charge < -0.3 is 4.57 Å². The first-order valence-electron chi connectivity index (χ1n) is 10.9. The van der Waals surface area contributed by atoms with Crippen LogP contribution < -0.4 is 11.2 Å². The van der Waals surface area contributed by atoms with Gasteiger partial charge in [-0.3, -0.25) is 9.78 Å². The van der Waals surface area contributed by atoms with Crippen LogP contribution in [0.25, 0.3) is 11.1 Å². The highest BCUT2D eigenvalue weighted by Crippen LogP contribution is 2.30. The number of H-pyrrole nitrogens is 1. The molecular weight excluding hydrogens is 402 g/mol. The Labute approximate surface area is 186 Å². The highest BCUT2D eigenvalue weighted by atomic mass is 16.2. The molecule has 1 unspecified atom stereocenters. The van der Waals surface area contributed by atoms with E-state index in [4.69, 9.17) is 0 Å². The Morgan fingerprint density at radius 1 is 0.969 bits per heavy atom. The lowest BCUT2D eigenvalue weighted by molar-refractivity contribution is 0.499. The summed E-state index contributed by atoms with van der Waals surface area (Å²) in [5, 5.41) is 8.44. The standard InChI is InChI=1S/C25H27N5O2/c1-19(22-12-5-6-13-23(22)20-9-3-2-4-10-20)18-30-21(17-26-28-30)11-7-8-15-29-16-14-24(31)27-25(29)32/h2-6,9-10,12-14,16-17,19H,7-8,11,15,18H2,1H3,(H,27,31,32). The van der Waals surface area contributed by atoms with Gasteiger partial charge >= 0.3 is 5.69 Å². The van der Waals surface area contributed by atoms with Crippen LogP contribution >= 0.6 is 0 Å². The highest BCUT2D eigenvalue weighted by Gasteiger charge is 2.14. The summed E-state index contributed by atoms with van der Waals surface area (Å²) in [6, 6.07) is 20.3. The molecule has 0 saturated carbocycles. The molecule has 1 atom stereocenters. The van der Waals surface area contributed by atoms with Crippen molar-refractivity contribution in [3.63, 3.8) is 0 Å². The number of unbranched alkanes of at least 4 members (excludes halogenated alkanes) is 1. The second-order valence-corrected chi connectivity index (χ2v) is 8.02. The van der Waals surface area contributed by atoms with E-state index in [0.29, 0.717) is 6.54 Å². The van der Waals surface area contributed by atoms with Gasteiger partial charge in [0.25, 0.3) is 5.56 Å². The van der Waals surface area contributed by atoms with E-state index in [1.54, 1.807) is 6.20 Å². The molecule has 7 nitrogen and oxygen atoms in total. The van der Waals surface area contributed by atoms with Crippen LogP contribution in [0, 0.1) is 0 Å². The quantitative estimate of drug-likeness (QED) is 0.412. The van der Waals surface area contributed by atoms with Gasteiger partial charge in [0, 0.05) is 31.3 Å². The third-order valence-corrected chi connectivity index (χ3v) is 5.70. The molecule has 0 spiro atoms. The van der Waals surface area contributed by atoms with Crippen molar-refractivity contribution in [3.05, 3.63) is 105 Å². The van der Waals surface area contributed by atoms with Crippen molar-refractivity contribution in [2.75, 3.05) is 0 Å². The smallest absolute Gasteiger partial charge is 0.301 e. The van der Waals surface area contributed by atoms with E-state index in [9.17, 15) is 9.59 Å². The molecule has 0 aliphatic carbocycles. The zero-order chi connectivity index (χ0) is 22.3. The van der Waals surface area contributed by atoms with Crippen LogP contribution in [0.3, 0.4) is 0 Å². The number of nitrogens with zero attached hydrogens (tertiary/aromatic N) is 4. The first-order chi connectivity index (χ1) is 15.6. The Hall–Kier alpha value is -3.74. The molecular formula is C25H27N5O2. The number of benzene rings is 2. The first kappa shape index (κ1) is 21.5. The van der Waals surface area contributed by atoms with Crippen LogP contribution in [0.15, 0.2) is 82.6 Å². The summed E-state index contributed by atoms with van der Waals surface area (Å²) in [7, 11) is 0. The third kappa shape index (κ3) is 5.11. The molecule has 2 aromatic heterocycles. The fraction of sp³-hybridized carbons (Fsp3) is 0.280. The van der Waals surface area contributed by atoms with Crippen molar-refractivity contribution in [1.82, 2.24) is 24.5 Å². The van der Waals surface area contributed by atoms with Gasteiger partial charge in [-0.15, -0.1) is 5.10 Å². The molecule has 7 heteroatoms. The summed E-state index contributed by atoms with van der Waals surface area (Å²) in [5.41, 5.74) is 4.10. The number of hydrogen-bond acceptors (Lipinski definition) is 4. The average molecular weight is 430 g/mol. The monoisotopic (exact) mass is 429 g/mol. The number of nitrogens with one attached hydrogen (secondary N) is 1. The Bertz CT molecular complexity index is 1270. The normalized spacial score (nSPS) is 12.0. The van der Waals surface area contributed by atoms with Gasteiger partial charge in [0.05, 0.1) is 11.9 Å². The molecule has 1 N–H and O–H groups in total. The summed E-state index contributed by atoms with van der Waals surface area (Å²) in [6.45, 7) is 3.53. The van der Waals surface area contributed by atoms with Gasteiger partial charge in [-0.2, -0.15) is 0 Å². The van der Waals surface area contributed by atoms with Gasteiger partial charge in [0.15, 0.2) is 0 Å². The summed E-state index contributed by atoms with van der Waals surface area (Å²) in [5.74, 6) is 0.270. The van der Waals surface area contributed by atoms with Gasteiger partial charge in [-0.05, 0) is 36.0 Å². The van der Waals surface area contributed by atoms with E-state index in [1.165, 1.54) is 27.3 Å². The number of aromatic nitrogens is 5. The third-order valence-electron chi connectivity index (χ3n) is 5.70. The molecule has 2 aromatic carbocycles. The molecule has 0 amide bonds. The highest BCUT2D eigenvalue weighted by molar-refractivity contribution is 5.67. The lowest BCUT2D eigenvalue weighted by Crippen LogP contribution is -2.28. The van der Waals surface area contributed by atoms with Crippen LogP contribution in [0.5, 0.6) is 0 Å². The molecule has 0 radical (unpaired) electrons. The lowest BCUT2D eigenvalue weighted by Gasteiger charge is -2.18. The molecule has 2 heterocycles. The molecule has 164 valence electrons. The molecule has 0 fully saturated rings. The number of hydrogen-bond donors (Lipinski definition) is 1. The van der Waals surface area contributed by atoms with Crippen LogP contribution in [0.1, 0.15) is 36.9 Å². The molecule has 4 rings (SSSR count). The molecule has 0 aliphatic heterocycles. The van der Waals surface area contributed by atoms with Crippen LogP contribution in [0.2, 0.25) is 0 Å². The minimum atomic E-state index is -0.371. The van der Waals surface area contributed by atoms with E-state index in [-0.39, 0.29) is 17.2 Å². The zero-order valence-corrected chi connectivity index (χ0v) is 18.1. The molecule has 4 aromatic rings. The maximum atomic E-state index is 11.8. The van der Waals surface area contributed by atoms with Crippen LogP contribution in [-0.4, -0.2) is 24.5 Å². The number of aryl methyl sites for hydroxylation is 2. The van der Waals surface area contributed by atoms with Gasteiger partial charge in [0.2, 0.25) is 0 Å². The van der Waals surface area contributed by atoms with Crippen molar-refractivity contribution in [2.45, 2.75) is 45.2 Å². The van der Waals surface area contributed by atoms with Crippen molar-refractivity contribution in [2.24, 2.45) is 0 Å².